The summed E-state index contributed by atoms with van der Waals surface area (Å²) in [6, 6.07) is 4.83. The van der Waals surface area contributed by atoms with Gasteiger partial charge in [0.1, 0.15) is 11.6 Å². The predicted molar refractivity (Wildman–Crippen MR) is 62.0 cm³/mol. The van der Waals surface area contributed by atoms with Crippen LogP contribution in [0.1, 0.15) is 5.82 Å². The van der Waals surface area contributed by atoms with Crippen molar-refractivity contribution in [3.8, 4) is 11.4 Å². The lowest BCUT2D eigenvalue weighted by Crippen LogP contribution is -2.05. The average Bonchev–Trinajstić information content (AvgIpc) is 2.64. The highest BCUT2D eigenvalue weighted by Gasteiger charge is 2.11. The number of aromatic nitrogens is 3. The van der Waals surface area contributed by atoms with Crippen LogP contribution in [0.15, 0.2) is 22.7 Å². The first-order valence-electron chi connectivity index (χ1n) is 4.67. The van der Waals surface area contributed by atoms with Crippen LogP contribution < -0.4 is 5.73 Å². The molecule has 0 saturated heterocycles. The average molecular weight is 285 g/mol. The van der Waals surface area contributed by atoms with E-state index in [1.165, 1.54) is 6.07 Å². The van der Waals surface area contributed by atoms with Crippen molar-refractivity contribution in [3.05, 3.63) is 34.3 Å². The van der Waals surface area contributed by atoms with Crippen molar-refractivity contribution in [2.45, 2.75) is 6.54 Å². The Morgan fingerprint density at radius 3 is 2.75 bits per heavy atom. The molecule has 2 N–H and O–H groups in total. The smallest absolute Gasteiger partial charge is 0.163 e. The minimum absolute atomic E-state index is 0.308. The summed E-state index contributed by atoms with van der Waals surface area (Å²) in [6.45, 7) is 0.308. The van der Waals surface area contributed by atoms with Gasteiger partial charge in [0.2, 0.25) is 0 Å². The van der Waals surface area contributed by atoms with Crippen LogP contribution in [-0.2, 0) is 13.6 Å². The van der Waals surface area contributed by atoms with E-state index in [1.807, 2.05) is 0 Å². The second kappa shape index (κ2) is 4.31. The van der Waals surface area contributed by atoms with Crippen LogP contribution in [-0.4, -0.2) is 14.8 Å². The Balaban J connectivity index is 2.50. The van der Waals surface area contributed by atoms with Gasteiger partial charge in [-0.15, -0.1) is 10.2 Å². The van der Waals surface area contributed by atoms with E-state index in [2.05, 4.69) is 26.1 Å². The molecule has 0 atom stereocenters. The maximum absolute atomic E-state index is 13.4. The Morgan fingerprint density at radius 1 is 1.44 bits per heavy atom. The maximum atomic E-state index is 13.4. The van der Waals surface area contributed by atoms with Gasteiger partial charge in [-0.25, -0.2) is 4.39 Å². The largest absolute Gasteiger partial charge is 0.324 e. The standard InChI is InChI=1S/C10H10BrFN4/c1-16-9(5-13)14-15-10(16)6-2-3-7(11)8(12)4-6/h2-4H,5,13H2,1H3. The van der Waals surface area contributed by atoms with Crippen LogP contribution in [0, 0.1) is 5.82 Å². The molecule has 0 unspecified atom stereocenters. The SMILES string of the molecule is Cn1c(CN)nnc1-c1ccc(Br)c(F)c1. The van der Waals surface area contributed by atoms with Crippen molar-refractivity contribution < 1.29 is 4.39 Å². The monoisotopic (exact) mass is 284 g/mol. The molecule has 0 fully saturated rings. The first-order valence-corrected chi connectivity index (χ1v) is 5.46. The molecule has 16 heavy (non-hydrogen) atoms. The fraction of sp³-hybridized carbons (Fsp3) is 0.200. The molecule has 84 valence electrons. The highest BCUT2D eigenvalue weighted by Crippen LogP contribution is 2.23. The highest BCUT2D eigenvalue weighted by atomic mass is 79.9. The van der Waals surface area contributed by atoms with Crippen LogP contribution >= 0.6 is 15.9 Å². The second-order valence-electron chi connectivity index (χ2n) is 3.33. The van der Waals surface area contributed by atoms with Gasteiger partial charge in [-0.3, -0.25) is 0 Å². The summed E-state index contributed by atoms with van der Waals surface area (Å²) in [5.74, 6) is 0.944. The van der Waals surface area contributed by atoms with Crippen LogP contribution in [0.4, 0.5) is 4.39 Å². The third kappa shape index (κ3) is 1.85. The molecule has 4 nitrogen and oxygen atoms in total. The number of rotatable bonds is 2. The van der Waals surface area contributed by atoms with E-state index >= 15 is 0 Å². The molecule has 0 saturated carbocycles. The fourth-order valence-corrected chi connectivity index (χ4v) is 1.67. The lowest BCUT2D eigenvalue weighted by atomic mass is 10.2. The van der Waals surface area contributed by atoms with Crippen molar-refractivity contribution >= 4 is 15.9 Å². The lowest BCUT2D eigenvalue weighted by molar-refractivity contribution is 0.621. The third-order valence-electron chi connectivity index (χ3n) is 2.33. The molecule has 1 aromatic carbocycles. The summed E-state index contributed by atoms with van der Waals surface area (Å²) in [6.07, 6.45) is 0. The molecule has 2 rings (SSSR count). The number of nitrogens with zero attached hydrogens (tertiary/aromatic N) is 3. The Morgan fingerprint density at radius 2 is 2.19 bits per heavy atom. The number of hydrogen-bond donors (Lipinski definition) is 1. The lowest BCUT2D eigenvalue weighted by Gasteiger charge is -2.03. The number of halogens is 2. The normalized spacial score (nSPS) is 10.8. The van der Waals surface area contributed by atoms with Crippen LogP contribution in [0.2, 0.25) is 0 Å². The topological polar surface area (TPSA) is 56.7 Å². The highest BCUT2D eigenvalue weighted by molar-refractivity contribution is 9.10. The van der Waals surface area contributed by atoms with Gasteiger partial charge in [0, 0.05) is 12.6 Å². The molecule has 1 aromatic heterocycles. The molecule has 0 aliphatic heterocycles. The van der Waals surface area contributed by atoms with Gasteiger partial charge in [0.25, 0.3) is 0 Å². The minimum Gasteiger partial charge on any atom is -0.324 e. The van der Waals surface area contributed by atoms with Crippen LogP contribution in [0.3, 0.4) is 0 Å². The van der Waals surface area contributed by atoms with E-state index in [9.17, 15) is 4.39 Å². The van der Waals surface area contributed by atoms with Crippen molar-refractivity contribution in [3.63, 3.8) is 0 Å². The van der Waals surface area contributed by atoms with Crippen molar-refractivity contribution in [1.29, 1.82) is 0 Å². The molecule has 0 amide bonds. The minimum atomic E-state index is -0.324. The van der Waals surface area contributed by atoms with Gasteiger partial charge >= 0.3 is 0 Å². The van der Waals surface area contributed by atoms with E-state index in [1.54, 1.807) is 23.7 Å². The maximum Gasteiger partial charge on any atom is 0.163 e. The molecule has 0 radical (unpaired) electrons. The quantitative estimate of drug-likeness (QED) is 0.916. The summed E-state index contributed by atoms with van der Waals surface area (Å²) in [5.41, 5.74) is 6.17. The summed E-state index contributed by atoms with van der Waals surface area (Å²) >= 11 is 3.10. The summed E-state index contributed by atoms with van der Waals surface area (Å²) < 4.78 is 15.5. The number of nitrogens with two attached hydrogens (primary N) is 1. The van der Waals surface area contributed by atoms with Crippen molar-refractivity contribution in [1.82, 2.24) is 14.8 Å². The summed E-state index contributed by atoms with van der Waals surface area (Å²) in [7, 11) is 1.80. The van der Waals surface area contributed by atoms with Crippen molar-refractivity contribution in [2.75, 3.05) is 0 Å². The molecule has 0 spiro atoms. The first-order chi connectivity index (χ1) is 7.63. The van der Waals surface area contributed by atoms with E-state index in [0.29, 0.717) is 28.2 Å². The van der Waals surface area contributed by atoms with Gasteiger partial charge in [-0.05, 0) is 34.1 Å². The summed E-state index contributed by atoms with van der Waals surface area (Å²) in [4.78, 5) is 0. The molecular formula is C10H10BrFN4. The van der Waals surface area contributed by atoms with Gasteiger partial charge in [-0.1, -0.05) is 0 Å². The zero-order valence-corrected chi connectivity index (χ0v) is 10.2. The number of hydrogen-bond acceptors (Lipinski definition) is 3. The van der Waals surface area contributed by atoms with Crippen molar-refractivity contribution in [2.24, 2.45) is 12.8 Å². The van der Waals surface area contributed by atoms with Gasteiger partial charge in [0.15, 0.2) is 5.82 Å². The Bertz CT molecular complexity index is 524. The Hall–Kier alpha value is -1.27. The van der Waals surface area contributed by atoms with Gasteiger partial charge in [-0.2, -0.15) is 0 Å². The van der Waals surface area contributed by atoms with E-state index in [4.69, 9.17) is 5.73 Å². The molecule has 1 heterocycles. The van der Waals surface area contributed by atoms with Crippen LogP contribution in [0.5, 0.6) is 0 Å². The zero-order valence-electron chi connectivity index (χ0n) is 8.61. The van der Waals surface area contributed by atoms with Gasteiger partial charge < -0.3 is 10.3 Å². The third-order valence-corrected chi connectivity index (χ3v) is 2.97. The molecule has 0 aliphatic carbocycles. The van der Waals surface area contributed by atoms with Gasteiger partial charge in [0.05, 0.1) is 11.0 Å². The van der Waals surface area contributed by atoms with Crippen LogP contribution in [0.25, 0.3) is 11.4 Å². The van der Waals surface area contributed by atoms with E-state index in [0.717, 1.165) is 0 Å². The Kier molecular flexibility index (Phi) is 3.02. The molecular weight excluding hydrogens is 275 g/mol. The summed E-state index contributed by atoms with van der Waals surface area (Å²) in [5, 5.41) is 7.90. The first kappa shape index (κ1) is 11.2. The molecule has 2 aromatic rings. The predicted octanol–water partition coefficient (Wildman–Crippen LogP) is 1.84. The zero-order chi connectivity index (χ0) is 11.7. The second-order valence-corrected chi connectivity index (χ2v) is 4.19. The number of benzene rings is 1. The fourth-order valence-electron chi connectivity index (χ4n) is 1.43. The van der Waals surface area contributed by atoms with E-state index in [-0.39, 0.29) is 5.82 Å². The van der Waals surface area contributed by atoms with E-state index < -0.39 is 0 Å². The molecule has 6 heteroatoms. The molecule has 0 aliphatic rings. The Labute approximate surface area is 100 Å². The molecule has 0 bridgehead atoms.